The number of carbonyl (C=O) groups is 1. The largest absolute Gasteiger partial charge is 0.497 e. The zero-order chi connectivity index (χ0) is 18.5. The topological polar surface area (TPSA) is 50.4 Å². The van der Waals surface area contributed by atoms with Crippen LogP contribution in [-0.2, 0) is 10.2 Å². The van der Waals surface area contributed by atoms with Gasteiger partial charge in [-0.25, -0.2) is 0 Å². The lowest BCUT2D eigenvalue weighted by Gasteiger charge is -2.61. The molecule has 4 bridgehead atoms. The van der Waals surface area contributed by atoms with E-state index in [0.29, 0.717) is 23.8 Å². The number of carbonyl (C=O) groups excluding carboxylic acids is 1. The molecular weight excluding hydrogens is 336 g/mol. The van der Waals surface area contributed by atoms with Gasteiger partial charge in [0.2, 0.25) is 5.91 Å². The second-order valence-electron chi connectivity index (χ2n) is 9.77. The molecule has 5 aliphatic rings. The molecule has 4 heteroatoms. The SMILES string of the molecule is COc1ccc(C23CC4CC(CC(C(=O)N[C@H]5CCCNC5)(C4)C2)C3)cc1. The second-order valence-corrected chi connectivity index (χ2v) is 9.77. The van der Waals surface area contributed by atoms with Crippen LogP contribution in [0.2, 0.25) is 0 Å². The Labute approximate surface area is 162 Å². The van der Waals surface area contributed by atoms with Gasteiger partial charge in [0.1, 0.15) is 5.75 Å². The van der Waals surface area contributed by atoms with Gasteiger partial charge < -0.3 is 15.4 Å². The molecule has 0 spiro atoms. The maximum Gasteiger partial charge on any atom is 0.226 e. The molecule has 1 heterocycles. The average Bonchev–Trinajstić information content (AvgIpc) is 2.68. The Morgan fingerprint density at radius 1 is 1.15 bits per heavy atom. The van der Waals surface area contributed by atoms with Crippen LogP contribution in [0.4, 0.5) is 0 Å². The smallest absolute Gasteiger partial charge is 0.226 e. The van der Waals surface area contributed by atoms with Crippen molar-refractivity contribution in [3.05, 3.63) is 29.8 Å². The molecule has 0 aromatic heterocycles. The summed E-state index contributed by atoms with van der Waals surface area (Å²) in [5, 5.41) is 6.87. The van der Waals surface area contributed by atoms with E-state index in [1.165, 1.54) is 31.2 Å². The van der Waals surface area contributed by atoms with Gasteiger partial charge in [-0.2, -0.15) is 0 Å². The van der Waals surface area contributed by atoms with Gasteiger partial charge in [-0.1, -0.05) is 12.1 Å². The molecule has 0 radical (unpaired) electrons. The first-order chi connectivity index (χ1) is 13.1. The second kappa shape index (κ2) is 6.51. The molecule has 4 saturated carbocycles. The third kappa shape index (κ3) is 2.97. The molecule has 1 aliphatic heterocycles. The van der Waals surface area contributed by atoms with Crippen molar-refractivity contribution in [2.75, 3.05) is 20.2 Å². The Morgan fingerprint density at radius 2 is 1.89 bits per heavy atom. The van der Waals surface area contributed by atoms with E-state index in [9.17, 15) is 4.79 Å². The van der Waals surface area contributed by atoms with Gasteiger partial charge in [-0.05, 0) is 92.9 Å². The fourth-order valence-corrected chi connectivity index (χ4v) is 7.12. The van der Waals surface area contributed by atoms with Gasteiger partial charge in [-0.3, -0.25) is 4.79 Å². The van der Waals surface area contributed by atoms with Crippen LogP contribution in [0.5, 0.6) is 5.75 Å². The number of piperidine rings is 1. The van der Waals surface area contributed by atoms with Crippen LogP contribution in [0.3, 0.4) is 0 Å². The Hall–Kier alpha value is -1.55. The number of benzene rings is 1. The summed E-state index contributed by atoms with van der Waals surface area (Å²) in [7, 11) is 1.72. The average molecular weight is 369 g/mol. The summed E-state index contributed by atoms with van der Waals surface area (Å²) in [6.45, 7) is 2.01. The zero-order valence-corrected chi connectivity index (χ0v) is 16.4. The van der Waals surface area contributed by atoms with E-state index in [-0.39, 0.29) is 10.8 Å². The molecule has 5 fully saturated rings. The first kappa shape index (κ1) is 17.5. The van der Waals surface area contributed by atoms with E-state index in [1.54, 1.807) is 7.11 Å². The van der Waals surface area contributed by atoms with E-state index in [4.69, 9.17) is 4.74 Å². The quantitative estimate of drug-likeness (QED) is 0.856. The first-order valence-corrected chi connectivity index (χ1v) is 10.8. The molecule has 146 valence electrons. The number of amides is 1. The number of methoxy groups -OCH3 is 1. The summed E-state index contributed by atoms with van der Waals surface area (Å²) in [4.78, 5) is 13.5. The predicted molar refractivity (Wildman–Crippen MR) is 106 cm³/mol. The number of ether oxygens (including phenoxy) is 1. The number of hydrogen-bond donors (Lipinski definition) is 2. The monoisotopic (exact) mass is 368 g/mol. The van der Waals surface area contributed by atoms with Crippen LogP contribution in [0, 0.1) is 17.3 Å². The minimum absolute atomic E-state index is 0.137. The van der Waals surface area contributed by atoms with Crippen molar-refractivity contribution in [1.29, 1.82) is 0 Å². The fraction of sp³-hybridized carbons (Fsp3) is 0.696. The summed E-state index contributed by atoms with van der Waals surface area (Å²) >= 11 is 0. The number of hydrogen-bond acceptors (Lipinski definition) is 3. The lowest BCUT2D eigenvalue weighted by Crippen LogP contribution is -2.60. The number of rotatable bonds is 4. The Morgan fingerprint density at radius 3 is 2.52 bits per heavy atom. The highest BCUT2D eigenvalue weighted by molar-refractivity contribution is 5.84. The third-order valence-electron chi connectivity index (χ3n) is 7.88. The summed E-state index contributed by atoms with van der Waals surface area (Å²) in [5.74, 6) is 2.69. The van der Waals surface area contributed by atoms with Crippen molar-refractivity contribution in [2.24, 2.45) is 17.3 Å². The van der Waals surface area contributed by atoms with Gasteiger partial charge in [0.15, 0.2) is 0 Å². The summed E-state index contributed by atoms with van der Waals surface area (Å²) < 4.78 is 5.36. The highest BCUT2D eigenvalue weighted by Crippen LogP contribution is 2.65. The Bertz CT molecular complexity index is 694. The van der Waals surface area contributed by atoms with Crippen LogP contribution in [-0.4, -0.2) is 32.1 Å². The molecular formula is C23H32N2O2. The van der Waals surface area contributed by atoms with Crippen LogP contribution >= 0.6 is 0 Å². The maximum atomic E-state index is 13.5. The van der Waals surface area contributed by atoms with Crippen molar-refractivity contribution in [2.45, 2.75) is 62.8 Å². The van der Waals surface area contributed by atoms with Crippen LogP contribution in [0.1, 0.15) is 56.9 Å². The summed E-state index contributed by atoms with van der Waals surface area (Å²) in [6.07, 6.45) is 9.37. The van der Waals surface area contributed by atoms with Crippen LogP contribution in [0.15, 0.2) is 24.3 Å². The van der Waals surface area contributed by atoms with Crippen molar-refractivity contribution >= 4 is 5.91 Å². The van der Waals surface area contributed by atoms with Crippen molar-refractivity contribution < 1.29 is 9.53 Å². The van der Waals surface area contributed by atoms with Crippen molar-refractivity contribution in [3.8, 4) is 5.75 Å². The number of nitrogens with one attached hydrogen (secondary N) is 2. The Kier molecular flexibility index (Phi) is 4.23. The molecule has 1 saturated heterocycles. The molecule has 1 aromatic rings. The van der Waals surface area contributed by atoms with E-state index in [2.05, 4.69) is 34.9 Å². The normalized spacial score (nSPS) is 40.0. The lowest BCUT2D eigenvalue weighted by atomic mass is 9.42. The van der Waals surface area contributed by atoms with Crippen LogP contribution in [0.25, 0.3) is 0 Å². The maximum absolute atomic E-state index is 13.5. The van der Waals surface area contributed by atoms with Gasteiger partial charge in [0.25, 0.3) is 0 Å². The van der Waals surface area contributed by atoms with Gasteiger partial charge in [0, 0.05) is 12.6 Å². The molecule has 4 aliphatic carbocycles. The first-order valence-electron chi connectivity index (χ1n) is 10.8. The fourth-order valence-electron chi connectivity index (χ4n) is 7.12. The van der Waals surface area contributed by atoms with Gasteiger partial charge in [0.05, 0.1) is 12.5 Å². The van der Waals surface area contributed by atoms with Crippen LogP contribution < -0.4 is 15.4 Å². The van der Waals surface area contributed by atoms with Gasteiger partial charge >= 0.3 is 0 Å². The lowest BCUT2D eigenvalue weighted by molar-refractivity contribution is -0.150. The van der Waals surface area contributed by atoms with E-state index >= 15 is 0 Å². The highest BCUT2D eigenvalue weighted by atomic mass is 16.5. The highest BCUT2D eigenvalue weighted by Gasteiger charge is 2.61. The zero-order valence-electron chi connectivity index (χ0n) is 16.4. The van der Waals surface area contributed by atoms with E-state index in [0.717, 1.165) is 44.5 Å². The predicted octanol–water partition coefficient (Wildman–Crippen LogP) is 3.40. The molecule has 4 nitrogen and oxygen atoms in total. The Balaban J connectivity index is 1.41. The standard InChI is InChI=1S/C23H32N2O2/c1-27-20-6-4-18(5-7-20)22-10-16-9-17(11-22)13-23(12-16,15-22)21(26)25-19-3-2-8-24-14-19/h4-7,16-17,19,24H,2-3,8-15H2,1H3,(H,25,26)/t16?,17?,19-,22?,23?/m0/s1. The molecule has 1 aromatic carbocycles. The molecule has 2 N–H and O–H groups in total. The van der Waals surface area contributed by atoms with E-state index in [1.807, 2.05) is 0 Å². The summed E-state index contributed by atoms with van der Waals surface area (Å²) in [5.41, 5.74) is 1.48. The molecule has 3 atom stereocenters. The third-order valence-corrected chi connectivity index (χ3v) is 7.88. The molecule has 2 unspecified atom stereocenters. The van der Waals surface area contributed by atoms with Crippen molar-refractivity contribution in [1.82, 2.24) is 10.6 Å². The summed E-state index contributed by atoms with van der Waals surface area (Å²) in [6, 6.07) is 9.00. The minimum Gasteiger partial charge on any atom is -0.497 e. The van der Waals surface area contributed by atoms with E-state index < -0.39 is 0 Å². The molecule has 27 heavy (non-hydrogen) atoms. The molecule has 1 amide bonds. The van der Waals surface area contributed by atoms with Crippen molar-refractivity contribution in [3.63, 3.8) is 0 Å². The minimum atomic E-state index is -0.137. The van der Waals surface area contributed by atoms with Gasteiger partial charge in [-0.15, -0.1) is 0 Å². The molecule has 6 rings (SSSR count).